The first-order chi connectivity index (χ1) is 15.4. The average molecular weight is 560 g/mol. The number of rotatable bonds is 7. The molecule has 0 bridgehead atoms. The highest BCUT2D eigenvalue weighted by molar-refractivity contribution is 9.58. The van der Waals surface area contributed by atoms with E-state index in [0.29, 0.717) is 11.1 Å². The molecule has 0 unspecified atom stereocenters. The third-order valence-electron chi connectivity index (χ3n) is 5.46. The van der Waals surface area contributed by atoms with Gasteiger partial charge in [0.05, 0.1) is 17.2 Å². The second-order valence-electron chi connectivity index (χ2n) is 8.63. The second-order valence-corrected chi connectivity index (χ2v) is 18.9. The van der Waals surface area contributed by atoms with Gasteiger partial charge in [-0.3, -0.25) is 9.59 Å². The number of nitrogens with one attached hydrogen (secondary N) is 1. The molecule has 2 aromatic rings. The van der Waals surface area contributed by atoms with Crippen molar-refractivity contribution in [1.29, 1.82) is 0 Å². The topological polar surface area (TPSA) is 90.0 Å². The number of halogens is 1. The molecule has 11 heteroatoms. The maximum atomic E-state index is 13.5. The van der Waals surface area contributed by atoms with E-state index in [1.54, 1.807) is 17.0 Å². The molecule has 2 aromatic carbocycles. The molecule has 1 aliphatic heterocycles. The number of piperazine rings is 1. The largest absolute Gasteiger partial charge is 0.377 e. The molecule has 0 aromatic heterocycles. The Balaban J connectivity index is 1.68. The van der Waals surface area contributed by atoms with Crippen LogP contribution in [-0.4, -0.2) is 94.5 Å². The minimum atomic E-state index is -3.72. The van der Waals surface area contributed by atoms with Crippen molar-refractivity contribution in [1.82, 2.24) is 14.5 Å². The highest BCUT2D eigenvalue weighted by Gasteiger charge is 2.31. The molecule has 0 saturated carbocycles. The molecule has 8 nitrogen and oxygen atoms in total. The van der Waals surface area contributed by atoms with Crippen LogP contribution in [0.3, 0.4) is 0 Å². The van der Waals surface area contributed by atoms with Gasteiger partial charge in [0.1, 0.15) is 0 Å². The minimum absolute atomic E-state index is 0.0786. The normalized spacial score (nSPS) is 16.0. The molecule has 182 valence electrons. The van der Waals surface area contributed by atoms with Gasteiger partial charge >= 0.3 is 0 Å². The Labute approximate surface area is 204 Å². The van der Waals surface area contributed by atoms with Crippen molar-refractivity contribution in [3.8, 4) is 0 Å². The lowest BCUT2D eigenvalue weighted by Crippen LogP contribution is -2.52. The van der Waals surface area contributed by atoms with Crippen LogP contribution in [-0.2, 0) is 19.6 Å². The van der Waals surface area contributed by atoms with E-state index < -0.39 is 18.5 Å². The number of benzene rings is 2. The van der Waals surface area contributed by atoms with Crippen LogP contribution in [0.5, 0.6) is 0 Å². The van der Waals surface area contributed by atoms with Crippen molar-refractivity contribution in [2.24, 2.45) is 0 Å². The number of hydrogen-bond acceptors (Lipinski definition) is 5. The number of sulfonamides is 1. The van der Waals surface area contributed by atoms with Crippen molar-refractivity contribution in [2.45, 2.75) is 4.90 Å². The van der Waals surface area contributed by atoms with Gasteiger partial charge in [-0.1, -0.05) is 24.3 Å². The first-order valence-corrected chi connectivity index (χ1v) is 16.4. The van der Waals surface area contributed by atoms with E-state index in [2.05, 4.69) is 20.1 Å². The summed E-state index contributed by atoms with van der Waals surface area (Å²) in [6.45, 7) is 0.924. The fourth-order valence-electron chi connectivity index (χ4n) is 3.85. The number of anilines is 1. The van der Waals surface area contributed by atoms with Crippen LogP contribution < -0.4 is 10.2 Å². The predicted octanol–water partition coefficient (Wildman–Crippen LogP) is 2.23. The average Bonchev–Trinajstić information content (AvgIpc) is 2.75. The summed E-state index contributed by atoms with van der Waals surface area (Å²) in [5.74, 6) is -0.0367. The van der Waals surface area contributed by atoms with E-state index in [-0.39, 0.29) is 49.4 Å². The van der Waals surface area contributed by atoms with Crippen molar-refractivity contribution in [2.75, 3.05) is 70.0 Å². The van der Waals surface area contributed by atoms with Gasteiger partial charge < -0.3 is 15.1 Å². The third kappa shape index (κ3) is 6.20. The lowest BCUT2D eigenvalue weighted by molar-refractivity contribution is -0.133. The Morgan fingerprint density at radius 3 is 2.21 bits per heavy atom. The summed E-state index contributed by atoms with van der Waals surface area (Å²) in [7, 11) is -1.04. The van der Waals surface area contributed by atoms with Crippen LogP contribution in [0.1, 0.15) is 0 Å². The van der Waals surface area contributed by atoms with Gasteiger partial charge in [-0.2, -0.15) is 12.8 Å². The molecule has 1 saturated heterocycles. The SMILES string of the molecule is CN(C)c1cccc2c(S(=O)(=O)N3CCN(C(=O)CNC(=O)CS(C)(C)Br)CC3)cccc12. The molecule has 33 heavy (non-hydrogen) atoms. The number of carbonyl (C=O) groups is 2. The lowest BCUT2D eigenvalue weighted by Gasteiger charge is -2.34. The van der Waals surface area contributed by atoms with E-state index in [0.717, 1.165) is 11.1 Å². The molecule has 0 spiro atoms. The Morgan fingerprint density at radius 2 is 1.61 bits per heavy atom. The van der Waals surface area contributed by atoms with Gasteiger partial charge in [0.25, 0.3) is 0 Å². The second kappa shape index (κ2) is 10.2. The molecule has 0 radical (unpaired) electrons. The van der Waals surface area contributed by atoms with Gasteiger partial charge in [0.15, 0.2) is 0 Å². The van der Waals surface area contributed by atoms with Crippen LogP contribution in [0, 0.1) is 0 Å². The standard InChI is InChI=1S/C22H31BrN4O4S2/c1-25(2)19-9-5-8-18-17(19)7-6-10-20(18)33(30,31)27-13-11-26(12-14-27)22(29)15-24-21(28)16-32(3,4)23/h5-10H,11-16H2,1-4H3,(H,24,28). The molecule has 2 amide bonds. The monoisotopic (exact) mass is 558 g/mol. The molecule has 1 aliphatic rings. The summed E-state index contributed by atoms with van der Waals surface area (Å²) in [5.41, 5.74) is 0.951. The summed E-state index contributed by atoms with van der Waals surface area (Å²) in [5, 5.41) is 4.22. The Kier molecular flexibility index (Phi) is 7.98. The number of hydrogen-bond donors (Lipinski definition) is 1. The zero-order chi connectivity index (χ0) is 24.4. The van der Waals surface area contributed by atoms with Gasteiger partial charge in [-0.25, -0.2) is 8.42 Å². The molecule has 1 heterocycles. The molecule has 0 atom stereocenters. The van der Waals surface area contributed by atoms with Gasteiger partial charge in [0.2, 0.25) is 21.8 Å². The maximum absolute atomic E-state index is 13.5. The maximum Gasteiger partial charge on any atom is 0.243 e. The number of fused-ring (bicyclic) bond motifs is 1. The molecular formula is C22H31BrN4O4S2. The lowest BCUT2D eigenvalue weighted by atomic mass is 10.1. The minimum Gasteiger partial charge on any atom is -0.377 e. The highest BCUT2D eigenvalue weighted by Crippen LogP contribution is 2.47. The van der Waals surface area contributed by atoms with E-state index >= 15 is 0 Å². The van der Waals surface area contributed by atoms with E-state index in [1.807, 2.05) is 55.8 Å². The van der Waals surface area contributed by atoms with Crippen molar-refractivity contribution >= 4 is 61.6 Å². The zero-order valence-electron chi connectivity index (χ0n) is 19.4. The number of amides is 2. The summed E-state index contributed by atoms with van der Waals surface area (Å²) >= 11 is 3.50. The molecule has 0 aliphatic carbocycles. The third-order valence-corrected chi connectivity index (χ3v) is 9.05. The van der Waals surface area contributed by atoms with Gasteiger partial charge in [0, 0.05) is 56.7 Å². The first-order valence-electron chi connectivity index (χ1n) is 10.5. The Bertz CT molecular complexity index is 1140. The predicted molar refractivity (Wildman–Crippen MR) is 140 cm³/mol. The first kappa shape index (κ1) is 25.8. The van der Waals surface area contributed by atoms with Crippen LogP contribution >= 0.6 is 23.3 Å². The van der Waals surface area contributed by atoms with Crippen LogP contribution in [0.2, 0.25) is 0 Å². The number of carbonyl (C=O) groups excluding carboxylic acids is 2. The number of nitrogens with zero attached hydrogens (tertiary/aromatic N) is 3. The molecule has 1 fully saturated rings. The smallest absolute Gasteiger partial charge is 0.243 e. The fraction of sp³-hybridized carbons (Fsp3) is 0.455. The molecule has 1 N–H and O–H groups in total. The van der Waals surface area contributed by atoms with Crippen molar-refractivity contribution in [3.05, 3.63) is 36.4 Å². The Hall–Kier alpha value is -1.82. The fourth-order valence-corrected chi connectivity index (χ4v) is 6.82. The van der Waals surface area contributed by atoms with Crippen LogP contribution in [0.25, 0.3) is 10.8 Å². The van der Waals surface area contributed by atoms with Crippen molar-refractivity contribution in [3.63, 3.8) is 0 Å². The van der Waals surface area contributed by atoms with E-state index in [9.17, 15) is 18.0 Å². The highest BCUT2D eigenvalue weighted by atomic mass is 79.9. The molecule has 3 rings (SSSR count). The summed E-state index contributed by atoms with van der Waals surface area (Å²) in [4.78, 5) is 28.3. The quantitative estimate of drug-likeness (QED) is 0.562. The summed E-state index contributed by atoms with van der Waals surface area (Å²) in [6.07, 6.45) is 3.93. The Morgan fingerprint density at radius 1 is 1.00 bits per heavy atom. The summed E-state index contributed by atoms with van der Waals surface area (Å²) in [6, 6.07) is 11.0. The zero-order valence-corrected chi connectivity index (χ0v) is 22.6. The van der Waals surface area contributed by atoms with Gasteiger partial charge in [-0.05, 0) is 39.5 Å². The van der Waals surface area contributed by atoms with Gasteiger partial charge in [-0.15, -0.1) is 0 Å². The molecular weight excluding hydrogens is 528 g/mol. The van der Waals surface area contributed by atoms with Crippen LogP contribution in [0.4, 0.5) is 5.69 Å². The van der Waals surface area contributed by atoms with E-state index in [1.165, 1.54) is 4.31 Å². The van der Waals surface area contributed by atoms with E-state index in [4.69, 9.17) is 0 Å². The van der Waals surface area contributed by atoms with Crippen LogP contribution in [0.15, 0.2) is 41.3 Å². The van der Waals surface area contributed by atoms with Crippen molar-refractivity contribution < 1.29 is 18.0 Å². The summed E-state index contributed by atoms with van der Waals surface area (Å²) < 4.78 is 28.3.